The number of nitrogens with zero attached hydrogens (tertiary/aromatic N) is 1. The Kier molecular flexibility index (Phi) is 10.2. The zero-order valence-electron chi connectivity index (χ0n) is 40.0. The van der Waals surface area contributed by atoms with Gasteiger partial charge in [0, 0.05) is 22.5 Å². The van der Waals surface area contributed by atoms with E-state index in [1.807, 2.05) is 0 Å². The lowest BCUT2D eigenvalue weighted by Crippen LogP contribution is -2.37. The van der Waals surface area contributed by atoms with Gasteiger partial charge in [-0.25, -0.2) is 0 Å². The van der Waals surface area contributed by atoms with Crippen LogP contribution < -0.4 is 10.1 Å². The summed E-state index contributed by atoms with van der Waals surface area (Å²) in [6, 6.07) is 90.8. The molecule has 0 fully saturated rings. The molecule has 0 radical (unpaired) electrons. The third kappa shape index (κ3) is 6.96. The van der Waals surface area contributed by atoms with Gasteiger partial charge in [0.15, 0.2) is 0 Å². The molecule has 69 heavy (non-hydrogen) atoms. The van der Waals surface area contributed by atoms with E-state index in [0.29, 0.717) is 0 Å². The Bertz CT molecular complexity index is 3510. The molecular weight excluding hydrogens is 847 g/mol. The third-order valence-corrected chi connectivity index (χ3v) is 17.2. The molecule has 0 bridgehead atoms. The molecule has 10 aromatic rings. The molecule has 0 aliphatic heterocycles. The van der Waals surface area contributed by atoms with Crippen LogP contribution in [-0.2, 0) is 10.8 Å². The van der Waals surface area contributed by atoms with Gasteiger partial charge in [0.2, 0.25) is 0 Å². The zero-order valence-corrected chi connectivity index (χ0v) is 41.0. The van der Waals surface area contributed by atoms with Gasteiger partial charge in [0.1, 0.15) is 0 Å². The van der Waals surface area contributed by atoms with Crippen LogP contribution in [-0.4, -0.2) is 8.07 Å². The number of benzene rings is 10. The van der Waals surface area contributed by atoms with Gasteiger partial charge < -0.3 is 4.90 Å². The first-order chi connectivity index (χ1) is 33.6. The van der Waals surface area contributed by atoms with Crippen LogP contribution in [0.3, 0.4) is 0 Å². The van der Waals surface area contributed by atoms with Crippen LogP contribution in [0.5, 0.6) is 0 Å². The molecular formula is C67H55NSi. The smallest absolute Gasteiger partial charge is 0.0775 e. The van der Waals surface area contributed by atoms with Crippen molar-refractivity contribution < 1.29 is 0 Å². The van der Waals surface area contributed by atoms with Crippen molar-refractivity contribution in [3.05, 3.63) is 276 Å². The molecule has 2 heteroatoms. The van der Waals surface area contributed by atoms with E-state index in [2.05, 4.69) is 281 Å². The van der Waals surface area contributed by atoms with Gasteiger partial charge in [-0.3, -0.25) is 0 Å². The molecule has 0 saturated heterocycles. The summed E-state index contributed by atoms with van der Waals surface area (Å²) in [7, 11) is -1.41. The first-order valence-corrected chi connectivity index (χ1v) is 27.9. The molecule has 0 spiro atoms. The van der Waals surface area contributed by atoms with E-state index < -0.39 is 13.5 Å². The normalized spacial score (nSPS) is 15.2. The maximum absolute atomic E-state index is 2.44. The average Bonchev–Trinajstić information content (AvgIpc) is 3.82. The minimum absolute atomic E-state index is 0.0584. The molecule has 0 aromatic heterocycles. The number of hydrogen-bond acceptors (Lipinski definition) is 1. The second-order valence-corrected chi connectivity index (χ2v) is 25.6. The first kappa shape index (κ1) is 42.6. The summed E-state index contributed by atoms with van der Waals surface area (Å²) in [5.74, 6) is 0. The van der Waals surface area contributed by atoms with Crippen LogP contribution in [0.1, 0.15) is 47.2 Å². The highest BCUT2D eigenvalue weighted by molar-refractivity contribution is 6.88. The molecule has 0 N–H and O–H groups in total. The fourth-order valence-electron chi connectivity index (χ4n) is 11.6. The van der Waals surface area contributed by atoms with E-state index in [4.69, 9.17) is 0 Å². The Hall–Kier alpha value is -7.78. The van der Waals surface area contributed by atoms with Gasteiger partial charge in [-0.1, -0.05) is 245 Å². The molecule has 0 heterocycles. The zero-order chi connectivity index (χ0) is 46.9. The maximum Gasteiger partial charge on any atom is 0.0775 e. The van der Waals surface area contributed by atoms with Crippen LogP contribution in [0, 0.1) is 0 Å². The standard InChI is InChI=1S/C67H55NSi/c1-66(2)61-24-14-13-22-59(61)65-57(23-16-26-64(65)66)50-31-39-54(40-32-50)68(53-37-29-48(30-38-53)49-33-42-56(43-34-49)69(3,4)5)55-41-44-63-60(45-55)58-21-12-15-25-62(58)67(63,51-19-10-7-11-20-51)52-35-27-47(28-36-52)46-17-8-6-9-18-46/h6-45H,1-5H3. The van der Waals surface area contributed by atoms with Crippen molar-refractivity contribution in [3.63, 3.8) is 0 Å². The molecule has 0 amide bonds. The van der Waals surface area contributed by atoms with Gasteiger partial charge in [0.05, 0.1) is 13.5 Å². The van der Waals surface area contributed by atoms with Crippen LogP contribution in [0.25, 0.3) is 55.6 Å². The summed E-state index contributed by atoms with van der Waals surface area (Å²) < 4.78 is 0. The van der Waals surface area contributed by atoms with Crippen LogP contribution in [0.4, 0.5) is 17.1 Å². The Morgan fingerprint density at radius 2 is 0.768 bits per heavy atom. The Morgan fingerprint density at radius 3 is 1.41 bits per heavy atom. The molecule has 1 atom stereocenters. The van der Waals surface area contributed by atoms with Crippen LogP contribution in [0.15, 0.2) is 243 Å². The van der Waals surface area contributed by atoms with Crippen molar-refractivity contribution in [3.8, 4) is 55.6 Å². The Balaban J connectivity index is 1.01. The van der Waals surface area contributed by atoms with Crippen molar-refractivity contribution >= 4 is 30.3 Å². The maximum atomic E-state index is 2.44. The minimum Gasteiger partial charge on any atom is -0.310 e. The number of anilines is 3. The average molecular weight is 902 g/mol. The molecule has 10 aromatic carbocycles. The Labute approximate surface area is 409 Å². The lowest BCUT2D eigenvalue weighted by Gasteiger charge is -2.34. The summed E-state index contributed by atoms with van der Waals surface area (Å²) in [6.07, 6.45) is 0. The molecule has 2 aliphatic carbocycles. The van der Waals surface area contributed by atoms with E-state index in [0.717, 1.165) is 17.1 Å². The SMILES string of the molecule is CC1(C)c2ccccc2-c2c(-c3ccc(N(c4ccc(-c5ccc([Si](C)(C)C)cc5)cc4)c4ccc5c(c4)-c4ccccc4C5(c4ccccc4)c4ccc(-c5ccccc5)cc4)cc3)cccc21. The number of hydrogen-bond donors (Lipinski definition) is 0. The first-order valence-electron chi connectivity index (χ1n) is 24.4. The predicted molar refractivity (Wildman–Crippen MR) is 295 cm³/mol. The highest BCUT2D eigenvalue weighted by Gasteiger charge is 2.46. The van der Waals surface area contributed by atoms with Crippen molar-refractivity contribution in [2.24, 2.45) is 0 Å². The number of rotatable bonds is 9. The topological polar surface area (TPSA) is 3.24 Å². The van der Waals surface area contributed by atoms with Crippen molar-refractivity contribution in [1.29, 1.82) is 0 Å². The second-order valence-electron chi connectivity index (χ2n) is 20.5. The fourth-order valence-corrected chi connectivity index (χ4v) is 12.8. The third-order valence-electron chi connectivity index (χ3n) is 15.2. The highest BCUT2D eigenvalue weighted by atomic mass is 28.3. The fraction of sp³-hybridized carbons (Fsp3) is 0.104. The summed E-state index contributed by atoms with van der Waals surface area (Å²) in [6.45, 7) is 11.9. The van der Waals surface area contributed by atoms with E-state index in [1.165, 1.54) is 94.2 Å². The van der Waals surface area contributed by atoms with E-state index in [1.54, 1.807) is 0 Å². The van der Waals surface area contributed by atoms with Crippen molar-refractivity contribution in [2.75, 3.05) is 4.90 Å². The molecule has 2 aliphatic rings. The highest BCUT2D eigenvalue weighted by Crippen LogP contribution is 2.58. The predicted octanol–water partition coefficient (Wildman–Crippen LogP) is 17.4. The minimum atomic E-state index is -1.41. The molecule has 1 nitrogen and oxygen atoms in total. The van der Waals surface area contributed by atoms with E-state index in [-0.39, 0.29) is 5.41 Å². The van der Waals surface area contributed by atoms with Gasteiger partial charge >= 0.3 is 0 Å². The molecule has 12 rings (SSSR count). The van der Waals surface area contributed by atoms with Crippen LogP contribution >= 0.6 is 0 Å². The van der Waals surface area contributed by atoms with E-state index >= 15 is 0 Å². The largest absolute Gasteiger partial charge is 0.310 e. The van der Waals surface area contributed by atoms with Crippen molar-refractivity contribution in [1.82, 2.24) is 0 Å². The lowest BCUT2D eigenvalue weighted by molar-refractivity contribution is 0.660. The summed E-state index contributed by atoms with van der Waals surface area (Å²) >= 11 is 0. The summed E-state index contributed by atoms with van der Waals surface area (Å²) in [5, 5.41) is 1.48. The van der Waals surface area contributed by atoms with Crippen molar-refractivity contribution in [2.45, 2.75) is 44.3 Å². The summed E-state index contributed by atoms with van der Waals surface area (Å²) in [4.78, 5) is 2.44. The molecule has 332 valence electrons. The van der Waals surface area contributed by atoms with Crippen LogP contribution in [0.2, 0.25) is 19.6 Å². The Morgan fingerprint density at radius 1 is 0.319 bits per heavy atom. The second kappa shape index (κ2) is 16.5. The van der Waals surface area contributed by atoms with Gasteiger partial charge in [-0.2, -0.15) is 0 Å². The van der Waals surface area contributed by atoms with Gasteiger partial charge in [0.25, 0.3) is 0 Å². The van der Waals surface area contributed by atoms with E-state index in [9.17, 15) is 0 Å². The quantitative estimate of drug-likeness (QED) is 0.131. The van der Waals surface area contributed by atoms with Gasteiger partial charge in [-0.15, -0.1) is 0 Å². The monoisotopic (exact) mass is 901 g/mol. The summed E-state index contributed by atoms with van der Waals surface area (Å²) in [5.41, 5.74) is 23.2. The molecule has 0 saturated carbocycles. The molecule has 1 unspecified atom stereocenters. The lowest BCUT2D eigenvalue weighted by atomic mass is 9.67. The number of fused-ring (bicyclic) bond motifs is 6. The van der Waals surface area contributed by atoms with Gasteiger partial charge in [-0.05, 0) is 125 Å².